The molecule has 96 valence electrons. The van der Waals surface area contributed by atoms with Crippen LogP contribution in [0.5, 0.6) is 0 Å². The number of benzene rings is 1. The minimum atomic E-state index is -4.39. The largest absolute Gasteiger partial charge is 0.416 e. The number of hydrogen-bond donors (Lipinski definition) is 1. The first-order chi connectivity index (χ1) is 8.43. The van der Waals surface area contributed by atoms with Crippen molar-refractivity contribution in [3.8, 4) is 11.3 Å². The van der Waals surface area contributed by atoms with E-state index in [0.717, 1.165) is 12.1 Å². The van der Waals surface area contributed by atoms with Crippen LogP contribution in [0, 0.1) is 0 Å². The molecule has 18 heavy (non-hydrogen) atoms. The maximum Gasteiger partial charge on any atom is 0.416 e. The van der Waals surface area contributed by atoms with Crippen LogP contribution in [-0.4, -0.2) is 10.3 Å². The standard InChI is InChI=1S/C11H7ClF3NO2/c12-10-8(5-17)9(16-18-10)6-1-3-7(4-2-6)11(13,14)15/h1-4,17H,5H2. The van der Waals surface area contributed by atoms with Gasteiger partial charge in [0.15, 0.2) is 0 Å². The fraction of sp³-hybridized carbons (Fsp3) is 0.182. The van der Waals surface area contributed by atoms with Crippen molar-refractivity contribution in [3.63, 3.8) is 0 Å². The molecule has 0 bridgehead atoms. The maximum absolute atomic E-state index is 12.4. The van der Waals surface area contributed by atoms with Crippen LogP contribution in [-0.2, 0) is 12.8 Å². The van der Waals surface area contributed by atoms with E-state index in [1.807, 2.05) is 0 Å². The maximum atomic E-state index is 12.4. The van der Waals surface area contributed by atoms with Crippen molar-refractivity contribution in [3.05, 3.63) is 40.6 Å². The van der Waals surface area contributed by atoms with Gasteiger partial charge in [-0.15, -0.1) is 0 Å². The molecule has 0 aliphatic rings. The first-order valence-corrected chi connectivity index (χ1v) is 5.24. The molecule has 0 aliphatic carbocycles. The summed E-state index contributed by atoms with van der Waals surface area (Å²) in [6.07, 6.45) is -4.39. The van der Waals surface area contributed by atoms with Gasteiger partial charge in [-0.25, -0.2) is 0 Å². The van der Waals surface area contributed by atoms with Crippen molar-refractivity contribution in [2.24, 2.45) is 0 Å². The number of alkyl halides is 3. The van der Waals surface area contributed by atoms with E-state index in [1.54, 1.807) is 0 Å². The number of hydrogen-bond acceptors (Lipinski definition) is 3. The molecule has 7 heteroatoms. The lowest BCUT2D eigenvalue weighted by atomic mass is 10.1. The molecule has 0 amide bonds. The normalized spacial score (nSPS) is 11.8. The Hall–Kier alpha value is -1.53. The molecule has 3 nitrogen and oxygen atoms in total. The summed E-state index contributed by atoms with van der Waals surface area (Å²) in [6.45, 7) is -0.404. The van der Waals surface area contributed by atoms with Gasteiger partial charge in [0.2, 0.25) is 5.22 Å². The fourth-order valence-electron chi connectivity index (χ4n) is 1.47. The average molecular weight is 278 g/mol. The number of aromatic nitrogens is 1. The van der Waals surface area contributed by atoms with E-state index in [-0.39, 0.29) is 16.5 Å². The smallest absolute Gasteiger partial charge is 0.391 e. The molecular weight excluding hydrogens is 271 g/mol. The first-order valence-electron chi connectivity index (χ1n) is 4.86. The summed E-state index contributed by atoms with van der Waals surface area (Å²) in [6, 6.07) is 4.35. The fourth-order valence-corrected chi connectivity index (χ4v) is 1.65. The Morgan fingerprint density at radius 1 is 1.22 bits per heavy atom. The minimum absolute atomic E-state index is 0.0765. The second-order valence-corrected chi connectivity index (χ2v) is 3.86. The SMILES string of the molecule is OCc1c(-c2ccc(C(F)(F)F)cc2)noc1Cl. The number of nitrogens with zero attached hydrogens (tertiary/aromatic N) is 1. The van der Waals surface area contributed by atoms with Gasteiger partial charge < -0.3 is 9.63 Å². The molecule has 1 aromatic carbocycles. The summed E-state index contributed by atoms with van der Waals surface area (Å²) >= 11 is 5.63. The topological polar surface area (TPSA) is 46.3 Å². The zero-order valence-electron chi connectivity index (χ0n) is 8.83. The lowest BCUT2D eigenvalue weighted by Gasteiger charge is -2.06. The molecule has 0 aliphatic heterocycles. The monoisotopic (exact) mass is 277 g/mol. The van der Waals surface area contributed by atoms with Crippen LogP contribution in [0.2, 0.25) is 5.22 Å². The number of aliphatic hydroxyl groups excluding tert-OH is 1. The Labute approximate surface area is 105 Å². The number of halogens is 4. The Bertz CT molecular complexity index is 548. The highest BCUT2D eigenvalue weighted by atomic mass is 35.5. The zero-order valence-corrected chi connectivity index (χ0v) is 9.59. The lowest BCUT2D eigenvalue weighted by molar-refractivity contribution is -0.137. The van der Waals surface area contributed by atoms with Crippen molar-refractivity contribution < 1.29 is 22.8 Å². The van der Waals surface area contributed by atoms with Crippen LogP contribution in [0.15, 0.2) is 28.8 Å². The summed E-state index contributed by atoms with van der Waals surface area (Å²) in [5.41, 5.74) is 0.113. The van der Waals surface area contributed by atoms with Gasteiger partial charge in [0.25, 0.3) is 0 Å². The second kappa shape index (κ2) is 4.62. The molecule has 0 saturated carbocycles. The molecule has 1 N–H and O–H groups in total. The molecule has 0 radical (unpaired) electrons. The van der Waals surface area contributed by atoms with Gasteiger partial charge in [-0.3, -0.25) is 0 Å². The van der Waals surface area contributed by atoms with E-state index in [2.05, 4.69) is 9.68 Å². The molecule has 0 fully saturated rings. The third-order valence-corrected chi connectivity index (χ3v) is 2.68. The third-order valence-electron chi connectivity index (χ3n) is 2.38. The van der Waals surface area contributed by atoms with Gasteiger partial charge in [0.1, 0.15) is 5.69 Å². The Kier molecular flexibility index (Phi) is 3.32. The average Bonchev–Trinajstić information content (AvgIpc) is 2.69. The predicted octanol–water partition coefficient (Wildman–Crippen LogP) is 3.51. The van der Waals surface area contributed by atoms with E-state index >= 15 is 0 Å². The van der Waals surface area contributed by atoms with Gasteiger partial charge in [-0.1, -0.05) is 17.3 Å². The lowest BCUT2D eigenvalue weighted by Crippen LogP contribution is -2.04. The van der Waals surface area contributed by atoms with Gasteiger partial charge in [-0.05, 0) is 23.7 Å². The molecule has 0 atom stereocenters. The van der Waals surface area contributed by atoms with Crippen LogP contribution in [0.1, 0.15) is 11.1 Å². The van der Waals surface area contributed by atoms with Gasteiger partial charge in [-0.2, -0.15) is 13.2 Å². The quantitative estimate of drug-likeness (QED) is 0.914. The minimum Gasteiger partial charge on any atom is -0.391 e. The van der Waals surface area contributed by atoms with Crippen molar-refractivity contribution in [2.45, 2.75) is 12.8 Å². The highest BCUT2D eigenvalue weighted by molar-refractivity contribution is 6.29. The summed E-state index contributed by atoms with van der Waals surface area (Å²) in [5, 5.41) is 12.6. The van der Waals surface area contributed by atoms with Crippen LogP contribution in [0.3, 0.4) is 0 Å². The highest BCUT2D eigenvalue weighted by Crippen LogP contribution is 2.33. The van der Waals surface area contributed by atoms with Crippen molar-refractivity contribution in [2.75, 3.05) is 0 Å². The van der Waals surface area contributed by atoms with Crippen LogP contribution in [0.4, 0.5) is 13.2 Å². The molecule has 0 spiro atoms. The Morgan fingerprint density at radius 3 is 2.33 bits per heavy atom. The summed E-state index contributed by atoms with van der Waals surface area (Å²) < 4.78 is 41.8. The van der Waals surface area contributed by atoms with E-state index in [1.165, 1.54) is 12.1 Å². The van der Waals surface area contributed by atoms with Crippen molar-refractivity contribution >= 4 is 11.6 Å². The van der Waals surface area contributed by atoms with Crippen LogP contribution < -0.4 is 0 Å². The Balaban J connectivity index is 2.40. The molecular formula is C11H7ClF3NO2. The number of rotatable bonds is 2. The Morgan fingerprint density at radius 2 is 1.83 bits per heavy atom. The van der Waals surface area contributed by atoms with Crippen LogP contribution in [0.25, 0.3) is 11.3 Å². The van der Waals surface area contributed by atoms with Crippen molar-refractivity contribution in [1.29, 1.82) is 0 Å². The first kappa shape index (κ1) is 12.9. The van der Waals surface area contributed by atoms with E-state index < -0.39 is 18.3 Å². The van der Waals surface area contributed by atoms with E-state index in [9.17, 15) is 13.2 Å². The number of aliphatic hydroxyl groups is 1. The summed E-state index contributed by atoms with van der Waals surface area (Å²) in [5.74, 6) is 0. The zero-order chi connectivity index (χ0) is 13.3. The van der Waals surface area contributed by atoms with Gasteiger partial charge in [0, 0.05) is 5.56 Å². The molecule has 0 unspecified atom stereocenters. The molecule has 1 aromatic heterocycles. The molecule has 2 rings (SSSR count). The molecule has 1 heterocycles. The predicted molar refractivity (Wildman–Crippen MR) is 57.9 cm³/mol. The van der Waals surface area contributed by atoms with Gasteiger partial charge >= 0.3 is 6.18 Å². The third kappa shape index (κ3) is 2.34. The van der Waals surface area contributed by atoms with E-state index in [0.29, 0.717) is 5.56 Å². The molecule has 2 aromatic rings. The highest BCUT2D eigenvalue weighted by Gasteiger charge is 2.30. The molecule has 0 saturated heterocycles. The van der Waals surface area contributed by atoms with Gasteiger partial charge in [0.05, 0.1) is 17.7 Å². The second-order valence-electron chi connectivity index (χ2n) is 3.52. The van der Waals surface area contributed by atoms with E-state index in [4.69, 9.17) is 16.7 Å². The summed E-state index contributed by atoms with van der Waals surface area (Å²) in [4.78, 5) is 0. The van der Waals surface area contributed by atoms with Crippen LogP contribution >= 0.6 is 11.6 Å². The summed E-state index contributed by atoms with van der Waals surface area (Å²) in [7, 11) is 0. The van der Waals surface area contributed by atoms with Crippen molar-refractivity contribution in [1.82, 2.24) is 5.16 Å².